The maximum atomic E-state index is 12.2. The molecule has 2 heterocycles. The number of carbonyl (C=O) groups excluding carboxylic acids is 1. The molecule has 0 atom stereocenters. The molecule has 8 heteroatoms. The third-order valence-corrected chi connectivity index (χ3v) is 3.04. The first-order valence-corrected chi connectivity index (χ1v) is 6.49. The highest BCUT2D eigenvalue weighted by Crippen LogP contribution is 2.17. The molecule has 0 saturated heterocycles. The molecular formula is C11H14BrN5O2. The van der Waals surface area contributed by atoms with Gasteiger partial charge in [0.05, 0.1) is 28.8 Å². The molecule has 0 aliphatic carbocycles. The summed E-state index contributed by atoms with van der Waals surface area (Å²) in [5.41, 5.74) is 1.10. The quantitative estimate of drug-likeness (QED) is 0.907. The van der Waals surface area contributed by atoms with Crippen molar-refractivity contribution >= 4 is 27.5 Å². The Labute approximate surface area is 118 Å². The van der Waals surface area contributed by atoms with E-state index in [9.17, 15) is 4.79 Å². The van der Waals surface area contributed by atoms with Crippen molar-refractivity contribution in [1.29, 1.82) is 0 Å². The summed E-state index contributed by atoms with van der Waals surface area (Å²) in [5.74, 6) is -0.233. The molecule has 1 N–H and O–H groups in total. The van der Waals surface area contributed by atoms with Crippen LogP contribution in [0.5, 0.6) is 0 Å². The lowest BCUT2D eigenvalue weighted by Crippen LogP contribution is -2.17. The van der Waals surface area contributed by atoms with Gasteiger partial charge in [-0.2, -0.15) is 10.2 Å². The van der Waals surface area contributed by atoms with Crippen molar-refractivity contribution < 1.29 is 9.53 Å². The topological polar surface area (TPSA) is 74.0 Å². The zero-order valence-electron chi connectivity index (χ0n) is 10.6. The van der Waals surface area contributed by atoms with Crippen molar-refractivity contribution in [3.05, 3.63) is 28.8 Å². The Hall–Kier alpha value is -1.67. The SMILES string of the molecule is CCn1ncc(Br)c1C(=O)Nc1cnn(COC)c1. The van der Waals surface area contributed by atoms with Gasteiger partial charge in [-0.3, -0.25) is 9.48 Å². The number of hydrogen-bond acceptors (Lipinski definition) is 4. The third-order valence-electron chi connectivity index (χ3n) is 2.46. The minimum atomic E-state index is -0.233. The van der Waals surface area contributed by atoms with Gasteiger partial charge in [0.25, 0.3) is 5.91 Å². The molecular weight excluding hydrogens is 314 g/mol. The van der Waals surface area contributed by atoms with Gasteiger partial charge in [-0.1, -0.05) is 0 Å². The van der Waals surface area contributed by atoms with E-state index in [-0.39, 0.29) is 5.91 Å². The number of rotatable bonds is 5. The van der Waals surface area contributed by atoms with Gasteiger partial charge in [0, 0.05) is 13.7 Å². The molecule has 0 unspecified atom stereocenters. The number of anilines is 1. The van der Waals surface area contributed by atoms with Crippen molar-refractivity contribution in [3.63, 3.8) is 0 Å². The van der Waals surface area contributed by atoms with Crippen LogP contribution in [0.1, 0.15) is 17.4 Å². The van der Waals surface area contributed by atoms with Crippen LogP contribution in [0.3, 0.4) is 0 Å². The van der Waals surface area contributed by atoms with Crippen LogP contribution in [0, 0.1) is 0 Å². The van der Waals surface area contributed by atoms with E-state index in [4.69, 9.17) is 4.74 Å². The second kappa shape index (κ2) is 5.98. The van der Waals surface area contributed by atoms with E-state index in [1.165, 1.54) is 0 Å². The highest BCUT2D eigenvalue weighted by Gasteiger charge is 2.17. The summed E-state index contributed by atoms with van der Waals surface area (Å²) >= 11 is 3.32. The first-order valence-electron chi connectivity index (χ1n) is 5.69. The maximum Gasteiger partial charge on any atom is 0.275 e. The van der Waals surface area contributed by atoms with Crippen LogP contribution < -0.4 is 5.32 Å². The van der Waals surface area contributed by atoms with Gasteiger partial charge in [0.1, 0.15) is 12.4 Å². The summed E-state index contributed by atoms with van der Waals surface area (Å²) in [7, 11) is 1.58. The van der Waals surface area contributed by atoms with Gasteiger partial charge in [-0.05, 0) is 22.9 Å². The molecule has 102 valence electrons. The van der Waals surface area contributed by atoms with Gasteiger partial charge in [0.2, 0.25) is 0 Å². The zero-order chi connectivity index (χ0) is 13.8. The Balaban J connectivity index is 2.13. The molecule has 0 fully saturated rings. The highest BCUT2D eigenvalue weighted by atomic mass is 79.9. The Morgan fingerprint density at radius 1 is 1.47 bits per heavy atom. The number of nitrogens with zero attached hydrogens (tertiary/aromatic N) is 4. The number of aryl methyl sites for hydroxylation is 1. The minimum Gasteiger partial charge on any atom is -0.362 e. The van der Waals surface area contributed by atoms with E-state index in [0.29, 0.717) is 29.1 Å². The lowest BCUT2D eigenvalue weighted by atomic mass is 10.4. The molecule has 2 aromatic heterocycles. The van der Waals surface area contributed by atoms with Crippen molar-refractivity contribution in [2.45, 2.75) is 20.2 Å². The summed E-state index contributed by atoms with van der Waals surface area (Å²) < 4.78 is 8.81. The van der Waals surface area contributed by atoms with Crippen molar-refractivity contribution in [3.8, 4) is 0 Å². The number of nitrogens with one attached hydrogen (secondary N) is 1. The van der Waals surface area contributed by atoms with Crippen molar-refractivity contribution in [2.24, 2.45) is 0 Å². The Morgan fingerprint density at radius 3 is 2.95 bits per heavy atom. The van der Waals surface area contributed by atoms with E-state index >= 15 is 0 Å². The van der Waals surface area contributed by atoms with Crippen molar-refractivity contribution in [2.75, 3.05) is 12.4 Å². The smallest absolute Gasteiger partial charge is 0.275 e. The largest absolute Gasteiger partial charge is 0.362 e. The molecule has 0 spiro atoms. The molecule has 0 bridgehead atoms. The Bertz CT molecular complexity index is 577. The van der Waals surface area contributed by atoms with Gasteiger partial charge in [-0.15, -0.1) is 0 Å². The molecule has 0 saturated carbocycles. The summed E-state index contributed by atoms with van der Waals surface area (Å²) in [6, 6.07) is 0. The minimum absolute atomic E-state index is 0.233. The van der Waals surface area contributed by atoms with Crippen LogP contribution in [0.25, 0.3) is 0 Å². The number of amides is 1. The third kappa shape index (κ3) is 3.02. The Morgan fingerprint density at radius 2 is 2.26 bits per heavy atom. The number of methoxy groups -OCH3 is 1. The summed E-state index contributed by atoms with van der Waals surface area (Å²) in [6.45, 7) is 2.89. The average Bonchev–Trinajstić information content (AvgIpc) is 2.96. The standard InChI is InChI=1S/C11H14BrN5O2/c1-3-17-10(9(12)5-14-17)11(18)15-8-4-13-16(6-8)7-19-2/h4-6H,3,7H2,1-2H3,(H,15,18). The van der Waals surface area contributed by atoms with Gasteiger partial charge < -0.3 is 10.1 Å². The molecule has 19 heavy (non-hydrogen) atoms. The van der Waals surface area contributed by atoms with Gasteiger partial charge >= 0.3 is 0 Å². The fourth-order valence-corrected chi connectivity index (χ4v) is 2.13. The summed E-state index contributed by atoms with van der Waals surface area (Å²) in [4.78, 5) is 12.2. The molecule has 7 nitrogen and oxygen atoms in total. The van der Waals surface area contributed by atoms with Crippen LogP contribution in [0.2, 0.25) is 0 Å². The second-order valence-corrected chi connectivity index (χ2v) is 4.65. The molecule has 0 aromatic carbocycles. The fourth-order valence-electron chi connectivity index (χ4n) is 1.65. The molecule has 0 aliphatic heterocycles. The maximum absolute atomic E-state index is 12.2. The number of halogens is 1. The molecule has 2 aromatic rings. The van der Waals surface area contributed by atoms with E-state index in [2.05, 4.69) is 31.4 Å². The summed E-state index contributed by atoms with van der Waals surface area (Å²) in [6.07, 6.45) is 4.87. The lowest BCUT2D eigenvalue weighted by molar-refractivity contribution is 0.101. The van der Waals surface area contributed by atoms with Crippen LogP contribution in [-0.2, 0) is 18.0 Å². The number of hydrogen-bond donors (Lipinski definition) is 1. The van der Waals surface area contributed by atoms with E-state index < -0.39 is 0 Å². The van der Waals surface area contributed by atoms with E-state index in [1.807, 2.05) is 6.92 Å². The normalized spacial score (nSPS) is 10.7. The monoisotopic (exact) mass is 327 g/mol. The van der Waals surface area contributed by atoms with Crippen LogP contribution in [0.4, 0.5) is 5.69 Å². The number of aromatic nitrogens is 4. The second-order valence-electron chi connectivity index (χ2n) is 3.80. The molecule has 0 aliphatic rings. The Kier molecular flexibility index (Phi) is 4.33. The predicted octanol–water partition coefficient (Wildman–Crippen LogP) is 1.72. The van der Waals surface area contributed by atoms with Crippen molar-refractivity contribution in [1.82, 2.24) is 19.6 Å². The first kappa shape index (κ1) is 13.8. The molecule has 0 radical (unpaired) electrons. The first-order chi connectivity index (χ1) is 9.15. The fraction of sp³-hybridized carbons (Fsp3) is 0.364. The summed E-state index contributed by atoms with van der Waals surface area (Å²) in [5, 5.41) is 10.9. The van der Waals surface area contributed by atoms with Gasteiger partial charge in [0.15, 0.2) is 0 Å². The van der Waals surface area contributed by atoms with Crippen LogP contribution in [-0.4, -0.2) is 32.6 Å². The number of carbonyl (C=O) groups is 1. The predicted molar refractivity (Wildman–Crippen MR) is 72.8 cm³/mol. The average molecular weight is 328 g/mol. The number of ether oxygens (including phenoxy) is 1. The van der Waals surface area contributed by atoms with Gasteiger partial charge in [-0.25, -0.2) is 4.68 Å². The van der Waals surface area contributed by atoms with Crippen LogP contribution >= 0.6 is 15.9 Å². The van der Waals surface area contributed by atoms with E-state index in [1.54, 1.807) is 35.1 Å². The zero-order valence-corrected chi connectivity index (χ0v) is 12.2. The molecule has 1 amide bonds. The van der Waals surface area contributed by atoms with E-state index in [0.717, 1.165) is 0 Å². The molecule has 2 rings (SSSR count). The highest BCUT2D eigenvalue weighted by molar-refractivity contribution is 9.10. The van der Waals surface area contributed by atoms with Crippen LogP contribution in [0.15, 0.2) is 23.1 Å². The lowest BCUT2D eigenvalue weighted by Gasteiger charge is -2.05.